The molecule has 1 saturated carbocycles. The standard InChI is InChI=1S/C22H28N6O2S/c1-15-6-11-19(16(2)14-15)27-31(29,30)18-9-7-17(8-10-18)28-21(24)25-20(23)26-22(28)12-4-3-5-13-22/h6-11,14,27H,3-5,12-13H2,1-2H3,(H4,23,24,25,26). The molecule has 0 atom stereocenters. The average Bonchev–Trinajstić information content (AvgIpc) is 2.70. The Morgan fingerprint density at radius 2 is 1.68 bits per heavy atom. The first-order valence-corrected chi connectivity index (χ1v) is 11.9. The first kappa shape index (κ1) is 21.2. The van der Waals surface area contributed by atoms with Crippen molar-refractivity contribution >= 4 is 33.3 Å². The Hall–Kier alpha value is -3.07. The third-order valence-electron chi connectivity index (χ3n) is 5.88. The smallest absolute Gasteiger partial charge is 0.261 e. The highest BCUT2D eigenvalue weighted by molar-refractivity contribution is 7.92. The topological polar surface area (TPSA) is 126 Å². The van der Waals surface area contributed by atoms with Crippen LogP contribution in [-0.2, 0) is 10.0 Å². The van der Waals surface area contributed by atoms with Crippen molar-refractivity contribution in [2.24, 2.45) is 21.5 Å². The van der Waals surface area contributed by atoms with Crippen molar-refractivity contribution in [3.63, 3.8) is 0 Å². The van der Waals surface area contributed by atoms with Gasteiger partial charge in [-0.1, -0.05) is 24.1 Å². The van der Waals surface area contributed by atoms with Crippen LogP contribution in [0.5, 0.6) is 0 Å². The Bertz CT molecular complexity index is 1150. The molecule has 5 N–H and O–H groups in total. The van der Waals surface area contributed by atoms with Gasteiger partial charge in [-0.15, -0.1) is 0 Å². The van der Waals surface area contributed by atoms with Crippen LogP contribution < -0.4 is 21.1 Å². The van der Waals surface area contributed by atoms with Crippen LogP contribution >= 0.6 is 0 Å². The van der Waals surface area contributed by atoms with E-state index in [0.717, 1.165) is 48.9 Å². The molecule has 0 saturated heterocycles. The molecule has 1 fully saturated rings. The predicted molar refractivity (Wildman–Crippen MR) is 125 cm³/mol. The number of hydrogen-bond donors (Lipinski definition) is 3. The summed E-state index contributed by atoms with van der Waals surface area (Å²) in [5.74, 6) is 0.464. The van der Waals surface area contributed by atoms with Crippen LogP contribution in [0.2, 0.25) is 0 Å². The molecule has 0 amide bonds. The van der Waals surface area contributed by atoms with E-state index in [4.69, 9.17) is 11.5 Å². The van der Waals surface area contributed by atoms with Gasteiger partial charge in [-0.05, 0) is 75.4 Å². The van der Waals surface area contributed by atoms with E-state index < -0.39 is 15.7 Å². The van der Waals surface area contributed by atoms with Gasteiger partial charge in [0.25, 0.3) is 10.0 Å². The SMILES string of the molecule is Cc1ccc(NS(=O)(=O)c2ccc(N3C(N)=NC(N)=NC34CCCCC4)cc2)c(C)c1. The average molecular weight is 441 g/mol. The number of hydrogen-bond acceptors (Lipinski definition) is 7. The Labute approximate surface area is 183 Å². The molecule has 9 heteroatoms. The number of aryl methyl sites for hydroxylation is 2. The third kappa shape index (κ3) is 4.10. The summed E-state index contributed by atoms with van der Waals surface area (Å²) in [6, 6.07) is 12.2. The first-order chi connectivity index (χ1) is 14.7. The number of nitrogens with zero attached hydrogens (tertiary/aromatic N) is 3. The van der Waals surface area contributed by atoms with Crippen molar-refractivity contribution in [2.75, 3.05) is 9.62 Å². The van der Waals surface area contributed by atoms with Gasteiger partial charge in [0, 0.05) is 5.69 Å². The number of sulfonamides is 1. The van der Waals surface area contributed by atoms with Gasteiger partial charge in [-0.2, -0.15) is 4.99 Å². The maximum absolute atomic E-state index is 12.9. The number of guanidine groups is 2. The molecule has 8 nitrogen and oxygen atoms in total. The largest absolute Gasteiger partial charge is 0.369 e. The Morgan fingerprint density at radius 3 is 2.32 bits per heavy atom. The fourth-order valence-electron chi connectivity index (χ4n) is 4.40. The summed E-state index contributed by atoms with van der Waals surface area (Å²) in [7, 11) is -3.73. The minimum Gasteiger partial charge on any atom is -0.369 e. The van der Waals surface area contributed by atoms with Gasteiger partial charge in [0.1, 0.15) is 5.66 Å². The summed E-state index contributed by atoms with van der Waals surface area (Å²) in [6.07, 6.45) is 4.82. The second-order valence-electron chi connectivity index (χ2n) is 8.24. The fraction of sp³-hybridized carbons (Fsp3) is 0.364. The van der Waals surface area contributed by atoms with Crippen molar-refractivity contribution in [1.82, 2.24) is 0 Å². The minimum atomic E-state index is -3.73. The molecule has 2 aromatic carbocycles. The lowest BCUT2D eigenvalue weighted by Gasteiger charge is -2.45. The molecular weight excluding hydrogens is 412 g/mol. The molecule has 1 heterocycles. The van der Waals surface area contributed by atoms with Crippen LogP contribution in [0.4, 0.5) is 11.4 Å². The Balaban J connectivity index is 1.63. The molecule has 4 rings (SSSR count). The van der Waals surface area contributed by atoms with Crippen molar-refractivity contribution < 1.29 is 8.42 Å². The second kappa shape index (κ2) is 7.88. The number of nitrogens with two attached hydrogens (primary N) is 2. The summed E-state index contributed by atoms with van der Waals surface area (Å²) in [5.41, 5.74) is 14.8. The maximum Gasteiger partial charge on any atom is 0.261 e. The van der Waals surface area contributed by atoms with Crippen LogP contribution in [-0.4, -0.2) is 26.0 Å². The zero-order valence-electron chi connectivity index (χ0n) is 17.8. The third-order valence-corrected chi connectivity index (χ3v) is 7.26. The molecule has 164 valence electrons. The molecule has 1 spiro atoms. The van der Waals surface area contributed by atoms with E-state index in [0.29, 0.717) is 5.69 Å². The van der Waals surface area contributed by atoms with Crippen LogP contribution in [0, 0.1) is 13.8 Å². The molecule has 31 heavy (non-hydrogen) atoms. The van der Waals surface area contributed by atoms with E-state index in [9.17, 15) is 8.42 Å². The minimum absolute atomic E-state index is 0.171. The molecule has 2 aromatic rings. The van der Waals surface area contributed by atoms with Crippen molar-refractivity contribution in [2.45, 2.75) is 56.5 Å². The highest BCUT2D eigenvalue weighted by Gasteiger charge is 2.42. The number of nitrogens with one attached hydrogen (secondary N) is 1. The monoisotopic (exact) mass is 440 g/mol. The summed E-state index contributed by atoms with van der Waals surface area (Å²) in [5, 5.41) is 0. The van der Waals surface area contributed by atoms with Gasteiger partial charge in [0.2, 0.25) is 11.9 Å². The Morgan fingerprint density at radius 1 is 1.00 bits per heavy atom. The van der Waals surface area contributed by atoms with Crippen molar-refractivity contribution in [3.05, 3.63) is 53.6 Å². The van der Waals surface area contributed by atoms with Crippen LogP contribution in [0.25, 0.3) is 0 Å². The highest BCUT2D eigenvalue weighted by atomic mass is 32.2. The summed E-state index contributed by atoms with van der Waals surface area (Å²) < 4.78 is 28.5. The van der Waals surface area contributed by atoms with E-state index in [1.807, 2.05) is 30.9 Å². The van der Waals surface area contributed by atoms with Crippen LogP contribution in [0.3, 0.4) is 0 Å². The van der Waals surface area contributed by atoms with E-state index in [1.54, 1.807) is 30.3 Å². The zero-order chi connectivity index (χ0) is 22.2. The zero-order valence-corrected chi connectivity index (χ0v) is 18.6. The predicted octanol–water partition coefficient (Wildman–Crippen LogP) is 3.21. The second-order valence-corrected chi connectivity index (χ2v) is 9.92. The number of anilines is 2. The van der Waals surface area contributed by atoms with Gasteiger partial charge >= 0.3 is 0 Å². The molecule has 0 unspecified atom stereocenters. The molecular formula is C22H28N6O2S. The van der Waals surface area contributed by atoms with Gasteiger partial charge < -0.3 is 11.5 Å². The summed E-state index contributed by atoms with van der Waals surface area (Å²) >= 11 is 0. The van der Waals surface area contributed by atoms with E-state index in [1.165, 1.54) is 0 Å². The lowest BCUT2D eigenvalue weighted by Crippen LogP contribution is -2.58. The van der Waals surface area contributed by atoms with Gasteiger partial charge in [0.15, 0.2) is 0 Å². The molecule has 0 bridgehead atoms. The maximum atomic E-state index is 12.9. The lowest BCUT2D eigenvalue weighted by atomic mass is 9.87. The van der Waals surface area contributed by atoms with Crippen LogP contribution in [0.15, 0.2) is 57.3 Å². The van der Waals surface area contributed by atoms with Crippen molar-refractivity contribution in [1.29, 1.82) is 0 Å². The van der Waals surface area contributed by atoms with Crippen LogP contribution in [0.1, 0.15) is 43.2 Å². The highest BCUT2D eigenvalue weighted by Crippen LogP contribution is 2.39. The van der Waals surface area contributed by atoms with E-state index in [-0.39, 0.29) is 16.8 Å². The van der Waals surface area contributed by atoms with E-state index in [2.05, 4.69) is 14.7 Å². The summed E-state index contributed by atoms with van der Waals surface area (Å²) in [4.78, 5) is 10.9. The Kier molecular flexibility index (Phi) is 5.38. The number of rotatable bonds is 4. The molecule has 1 aliphatic heterocycles. The van der Waals surface area contributed by atoms with Crippen molar-refractivity contribution in [3.8, 4) is 0 Å². The fourth-order valence-corrected chi connectivity index (χ4v) is 5.53. The number of benzene rings is 2. The van der Waals surface area contributed by atoms with Gasteiger partial charge in [-0.3, -0.25) is 9.62 Å². The molecule has 2 aliphatic rings. The van der Waals surface area contributed by atoms with Gasteiger partial charge in [-0.25, -0.2) is 13.4 Å². The number of aliphatic imine (C=N–C) groups is 2. The van der Waals surface area contributed by atoms with Gasteiger partial charge in [0.05, 0.1) is 10.6 Å². The summed E-state index contributed by atoms with van der Waals surface area (Å²) in [6.45, 7) is 3.85. The molecule has 1 aliphatic carbocycles. The first-order valence-electron chi connectivity index (χ1n) is 10.4. The molecule has 0 radical (unpaired) electrons. The quantitative estimate of drug-likeness (QED) is 0.673. The normalized spacial score (nSPS) is 18.5. The van der Waals surface area contributed by atoms with E-state index >= 15 is 0 Å². The lowest BCUT2D eigenvalue weighted by molar-refractivity contribution is 0.305. The molecule has 0 aromatic heterocycles.